The summed E-state index contributed by atoms with van der Waals surface area (Å²) < 4.78 is 6.63. The van der Waals surface area contributed by atoms with Crippen LogP contribution in [-0.2, 0) is 5.41 Å². The lowest BCUT2D eigenvalue weighted by Gasteiger charge is -2.25. The van der Waals surface area contributed by atoms with Crippen molar-refractivity contribution in [3.63, 3.8) is 0 Å². The number of fused-ring (bicyclic) bond motifs is 7. The van der Waals surface area contributed by atoms with E-state index >= 15 is 0 Å². The first-order chi connectivity index (χ1) is 17.6. The van der Waals surface area contributed by atoms with Crippen molar-refractivity contribution in [2.45, 2.75) is 19.3 Å². The predicted molar refractivity (Wildman–Crippen MR) is 150 cm³/mol. The molecule has 0 saturated carbocycles. The summed E-state index contributed by atoms with van der Waals surface area (Å²) in [4.78, 5) is 0. The van der Waals surface area contributed by atoms with Crippen LogP contribution in [0.5, 0.6) is 11.5 Å². The molecule has 0 atom stereocenters. The fourth-order valence-electron chi connectivity index (χ4n) is 6.47. The molecule has 6 aromatic carbocycles. The van der Waals surface area contributed by atoms with Crippen LogP contribution in [0, 0.1) is 0 Å². The van der Waals surface area contributed by atoms with E-state index in [9.17, 15) is 0 Å². The Bertz CT molecular complexity index is 1890. The number of ether oxygens (including phenoxy) is 1. The quantitative estimate of drug-likeness (QED) is 0.237. The van der Waals surface area contributed by atoms with Crippen molar-refractivity contribution in [3.05, 3.63) is 120 Å². The molecule has 0 unspecified atom stereocenters. The zero-order valence-electron chi connectivity index (χ0n) is 20.3. The topological polar surface area (TPSA) is 9.23 Å². The highest BCUT2D eigenvalue weighted by molar-refractivity contribution is 6.08. The van der Waals surface area contributed by atoms with E-state index in [-0.39, 0.29) is 5.41 Å². The van der Waals surface area contributed by atoms with E-state index in [2.05, 4.69) is 117 Å². The SMILES string of the molecule is CC1(C)c2cc(-c3ccc4cccc5c4c3Oc3ccccc3-5)ccc2-c2c1ccc1ccccc21. The lowest BCUT2D eigenvalue weighted by atomic mass is 9.81. The molecule has 2 aliphatic rings. The van der Waals surface area contributed by atoms with Gasteiger partial charge in [-0.1, -0.05) is 105 Å². The van der Waals surface area contributed by atoms with Gasteiger partial charge >= 0.3 is 0 Å². The van der Waals surface area contributed by atoms with Crippen molar-refractivity contribution >= 4 is 21.5 Å². The van der Waals surface area contributed by atoms with Crippen LogP contribution in [0.3, 0.4) is 0 Å². The number of rotatable bonds is 1. The average molecular weight is 461 g/mol. The molecule has 8 rings (SSSR count). The van der Waals surface area contributed by atoms with Gasteiger partial charge in [0.2, 0.25) is 0 Å². The molecule has 0 bridgehead atoms. The van der Waals surface area contributed by atoms with E-state index < -0.39 is 0 Å². The largest absolute Gasteiger partial charge is 0.455 e. The smallest absolute Gasteiger partial charge is 0.143 e. The van der Waals surface area contributed by atoms with E-state index in [0.29, 0.717) is 0 Å². The van der Waals surface area contributed by atoms with Crippen molar-refractivity contribution in [2.75, 3.05) is 0 Å². The summed E-state index contributed by atoms with van der Waals surface area (Å²) in [7, 11) is 0. The van der Waals surface area contributed by atoms with Gasteiger partial charge in [-0.2, -0.15) is 0 Å². The van der Waals surface area contributed by atoms with Gasteiger partial charge in [0.25, 0.3) is 0 Å². The molecule has 36 heavy (non-hydrogen) atoms. The molecule has 1 heterocycles. The van der Waals surface area contributed by atoms with Gasteiger partial charge in [-0.05, 0) is 67.7 Å². The third-order valence-corrected chi connectivity index (χ3v) is 8.26. The van der Waals surface area contributed by atoms with Gasteiger partial charge in [-0.25, -0.2) is 0 Å². The molecule has 0 N–H and O–H groups in total. The molecule has 0 spiro atoms. The Morgan fingerprint density at radius 3 is 2.25 bits per heavy atom. The average Bonchev–Trinajstić information content (AvgIpc) is 3.15. The third-order valence-electron chi connectivity index (χ3n) is 8.26. The Morgan fingerprint density at radius 2 is 1.31 bits per heavy atom. The Labute approximate surface area is 210 Å². The Hall–Kier alpha value is -4.36. The van der Waals surface area contributed by atoms with Crippen LogP contribution in [0.2, 0.25) is 0 Å². The number of para-hydroxylation sites is 1. The lowest BCUT2D eigenvalue weighted by molar-refractivity contribution is 0.489. The second-order valence-corrected chi connectivity index (χ2v) is 10.5. The first-order valence-corrected chi connectivity index (χ1v) is 12.6. The van der Waals surface area contributed by atoms with Gasteiger partial charge in [0.1, 0.15) is 11.5 Å². The van der Waals surface area contributed by atoms with E-state index in [1.54, 1.807) is 0 Å². The van der Waals surface area contributed by atoms with Gasteiger partial charge in [0.05, 0.1) is 0 Å². The van der Waals surface area contributed by atoms with E-state index in [4.69, 9.17) is 4.74 Å². The first kappa shape index (κ1) is 19.9. The second-order valence-electron chi connectivity index (χ2n) is 10.5. The van der Waals surface area contributed by atoms with Crippen LogP contribution < -0.4 is 4.74 Å². The highest BCUT2D eigenvalue weighted by atomic mass is 16.5. The molecule has 1 aliphatic heterocycles. The maximum absolute atomic E-state index is 6.63. The van der Waals surface area contributed by atoms with Crippen molar-refractivity contribution in [1.29, 1.82) is 0 Å². The van der Waals surface area contributed by atoms with Gasteiger partial charge < -0.3 is 4.74 Å². The molecular formula is C35H24O. The third kappa shape index (κ3) is 2.50. The normalized spacial score (nSPS) is 14.3. The Kier molecular flexibility index (Phi) is 3.79. The Morgan fingerprint density at radius 1 is 0.556 bits per heavy atom. The van der Waals surface area contributed by atoms with Gasteiger partial charge in [-0.15, -0.1) is 0 Å². The fraction of sp³-hybridized carbons (Fsp3) is 0.0857. The summed E-state index contributed by atoms with van der Waals surface area (Å²) in [5.41, 5.74) is 10.2. The molecular weight excluding hydrogens is 436 g/mol. The summed E-state index contributed by atoms with van der Waals surface area (Å²) in [6, 6.07) is 39.7. The van der Waals surface area contributed by atoms with Crippen LogP contribution in [0.4, 0.5) is 0 Å². The van der Waals surface area contributed by atoms with Crippen molar-refractivity contribution in [3.8, 4) is 44.9 Å². The van der Waals surface area contributed by atoms with Gasteiger partial charge in [-0.3, -0.25) is 0 Å². The minimum Gasteiger partial charge on any atom is -0.455 e. The van der Waals surface area contributed by atoms with E-state index in [1.165, 1.54) is 54.9 Å². The molecule has 0 saturated heterocycles. The van der Waals surface area contributed by atoms with Crippen molar-refractivity contribution in [2.24, 2.45) is 0 Å². The standard InChI is InChI=1S/C35H24O/c1-35(2)29-19-16-21-8-3-4-10-24(21)33(29)28-18-15-23(20-30(28)35)25-17-14-22-9-7-12-27-26-11-5-6-13-31(26)36-34(25)32(22)27/h3-20H,1-2H3. The number of benzene rings is 6. The maximum Gasteiger partial charge on any atom is 0.143 e. The minimum atomic E-state index is -0.0720. The molecule has 0 amide bonds. The first-order valence-electron chi connectivity index (χ1n) is 12.6. The van der Waals surface area contributed by atoms with Crippen LogP contribution >= 0.6 is 0 Å². The zero-order valence-corrected chi connectivity index (χ0v) is 20.3. The van der Waals surface area contributed by atoms with Crippen molar-refractivity contribution in [1.82, 2.24) is 0 Å². The summed E-state index contributed by atoms with van der Waals surface area (Å²) >= 11 is 0. The summed E-state index contributed by atoms with van der Waals surface area (Å²) in [6.07, 6.45) is 0. The molecule has 1 aliphatic carbocycles. The summed E-state index contributed by atoms with van der Waals surface area (Å²) in [5.74, 6) is 1.88. The molecule has 0 radical (unpaired) electrons. The van der Waals surface area contributed by atoms with E-state index in [1.807, 2.05) is 6.07 Å². The second kappa shape index (κ2) is 6.86. The van der Waals surface area contributed by atoms with Crippen LogP contribution in [0.1, 0.15) is 25.0 Å². The fourth-order valence-corrected chi connectivity index (χ4v) is 6.47. The number of hydrogen-bond donors (Lipinski definition) is 0. The molecule has 170 valence electrons. The number of hydrogen-bond acceptors (Lipinski definition) is 1. The molecule has 0 fully saturated rings. The molecule has 1 nitrogen and oxygen atoms in total. The monoisotopic (exact) mass is 460 g/mol. The predicted octanol–water partition coefficient (Wildman–Crippen LogP) is 9.74. The zero-order chi connectivity index (χ0) is 24.0. The highest BCUT2D eigenvalue weighted by Crippen LogP contribution is 2.54. The van der Waals surface area contributed by atoms with Crippen LogP contribution in [-0.4, -0.2) is 0 Å². The Balaban J connectivity index is 1.38. The summed E-state index contributed by atoms with van der Waals surface area (Å²) in [6.45, 7) is 4.71. The molecule has 6 aromatic rings. The summed E-state index contributed by atoms with van der Waals surface area (Å²) in [5, 5.41) is 5.03. The minimum absolute atomic E-state index is 0.0720. The molecule has 0 aromatic heterocycles. The maximum atomic E-state index is 6.63. The van der Waals surface area contributed by atoms with Gasteiger partial charge in [0, 0.05) is 21.9 Å². The molecule has 1 heteroatoms. The van der Waals surface area contributed by atoms with Crippen LogP contribution in [0.15, 0.2) is 109 Å². The van der Waals surface area contributed by atoms with E-state index in [0.717, 1.165) is 22.6 Å². The van der Waals surface area contributed by atoms with Crippen LogP contribution in [0.25, 0.3) is 54.9 Å². The van der Waals surface area contributed by atoms with Gasteiger partial charge in [0.15, 0.2) is 0 Å². The highest BCUT2D eigenvalue weighted by Gasteiger charge is 2.37. The lowest BCUT2D eigenvalue weighted by Crippen LogP contribution is -2.15. The van der Waals surface area contributed by atoms with Crippen molar-refractivity contribution < 1.29 is 4.74 Å².